The van der Waals surface area contributed by atoms with Crippen LogP contribution in [0.4, 0.5) is 5.69 Å². The number of aryl methyl sites for hydroxylation is 1. The quantitative estimate of drug-likeness (QED) is 0.578. The molecule has 2 rings (SSSR count). The molecule has 2 N–H and O–H groups in total. The van der Waals surface area contributed by atoms with Crippen molar-refractivity contribution < 1.29 is 9.53 Å². The van der Waals surface area contributed by atoms with Crippen molar-refractivity contribution in [3.63, 3.8) is 0 Å². The number of hydrogen-bond donors (Lipinski definition) is 2. The molecule has 2 aromatic rings. The second-order valence-electron chi connectivity index (χ2n) is 7.09. The van der Waals surface area contributed by atoms with Crippen molar-refractivity contribution in [2.24, 2.45) is 5.41 Å². The van der Waals surface area contributed by atoms with Crippen LogP contribution in [0, 0.1) is 5.41 Å². The molecule has 0 unspecified atom stereocenters. The predicted molar refractivity (Wildman–Crippen MR) is 111 cm³/mol. The highest BCUT2D eigenvalue weighted by molar-refractivity contribution is 7.80. The fourth-order valence-corrected chi connectivity index (χ4v) is 2.45. The molecule has 0 atom stereocenters. The molecule has 0 aliphatic heterocycles. The number of ether oxygens (including phenoxy) is 1. The van der Waals surface area contributed by atoms with Gasteiger partial charge in [-0.05, 0) is 42.8 Å². The lowest BCUT2D eigenvalue weighted by Crippen LogP contribution is -2.41. The van der Waals surface area contributed by atoms with Crippen LogP contribution in [0.1, 0.15) is 32.8 Å². The van der Waals surface area contributed by atoms with E-state index < -0.39 is 5.41 Å². The molecule has 0 aliphatic rings. The molecule has 138 valence electrons. The largest absolute Gasteiger partial charge is 0.491 e. The summed E-state index contributed by atoms with van der Waals surface area (Å²) >= 11 is 5.24. The predicted octanol–water partition coefficient (Wildman–Crippen LogP) is 4.56. The van der Waals surface area contributed by atoms with Gasteiger partial charge in [0.25, 0.3) is 0 Å². The van der Waals surface area contributed by atoms with Crippen LogP contribution in [-0.4, -0.2) is 17.6 Å². The zero-order valence-electron chi connectivity index (χ0n) is 15.5. The third-order valence-corrected chi connectivity index (χ3v) is 3.96. The number of carbonyl (C=O) groups excluding carboxylic acids is 1. The molecular weight excluding hydrogens is 344 g/mol. The van der Waals surface area contributed by atoms with E-state index in [1.54, 1.807) is 0 Å². The molecule has 0 radical (unpaired) electrons. The van der Waals surface area contributed by atoms with Crippen LogP contribution in [0.3, 0.4) is 0 Å². The van der Waals surface area contributed by atoms with Gasteiger partial charge >= 0.3 is 0 Å². The molecule has 26 heavy (non-hydrogen) atoms. The molecule has 0 spiro atoms. The van der Waals surface area contributed by atoms with Crippen molar-refractivity contribution in [3.05, 3.63) is 60.2 Å². The van der Waals surface area contributed by atoms with Crippen molar-refractivity contribution >= 4 is 28.9 Å². The summed E-state index contributed by atoms with van der Waals surface area (Å²) in [6.45, 7) is 6.13. The summed E-state index contributed by atoms with van der Waals surface area (Å²) in [5.41, 5.74) is 1.54. The van der Waals surface area contributed by atoms with Crippen LogP contribution in [0.5, 0.6) is 5.75 Å². The van der Waals surface area contributed by atoms with Crippen molar-refractivity contribution in [2.75, 3.05) is 11.9 Å². The molecule has 0 aliphatic carbocycles. The van der Waals surface area contributed by atoms with E-state index in [1.165, 1.54) is 5.56 Å². The maximum absolute atomic E-state index is 12.0. The second kappa shape index (κ2) is 9.34. The molecule has 0 aromatic heterocycles. The minimum atomic E-state index is -0.501. The molecule has 0 heterocycles. The minimum Gasteiger partial charge on any atom is -0.491 e. The van der Waals surface area contributed by atoms with Gasteiger partial charge in [0.05, 0.1) is 12.3 Å². The number of nitrogens with one attached hydrogen (secondary N) is 2. The molecule has 4 nitrogen and oxygen atoms in total. The molecule has 5 heteroatoms. The monoisotopic (exact) mass is 370 g/mol. The summed E-state index contributed by atoms with van der Waals surface area (Å²) in [5, 5.41) is 6.03. The molecule has 0 saturated heterocycles. The molecule has 0 fully saturated rings. The fraction of sp³-hybridized carbons (Fsp3) is 0.333. The highest BCUT2D eigenvalue weighted by Gasteiger charge is 2.22. The van der Waals surface area contributed by atoms with Crippen LogP contribution in [0.2, 0.25) is 0 Å². The van der Waals surface area contributed by atoms with Crippen molar-refractivity contribution in [1.29, 1.82) is 0 Å². The molecular formula is C21H26N2O2S. The van der Waals surface area contributed by atoms with Gasteiger partial charge in [-0.15, -0.1) is 0 Å². The Morgan fingerprint density at radius 3 is 2.38 bits per heavy atom. The first-order valence-corrected chi connectivity index (χ1v) is 9.15. The van der Waals surface area contributed by atoms with E-state index in [0.29, 0.717) is 12.4 Å². The van der Waals surface area contributed by atoms with Crippen molar-refractivity contribution in [1.82, 2.24) is 5.32 Å². The van der Waals surface area contributed by atoms with E-state index >= 15 is 0 Å². The standard InChI is InChI=1S/C21H26N2O2S/c1-21(2,3)19(24)23-20(26)22-17-13-7-8-14-18(17)25-15-9-12-16-10-5-4-6-11-16/h4-8,10-11,13-14H,9,12,15H2,1-3H3,(H2,22,23,24,26). The lowest BCUT2D eigenvalue weighted by Gasteiger charge is -2.19. The van der Waals surface area contributed by atoms with E-state index in [0.717, 1.165) is 18.5 Å². The van der Waals surface area contributed by atoms with Gasteiger partial charge in [-0.2, -0.15) is 0 Å². The summed E-state index contributed by atoms with van der Waals surface area (Å²) in [7, 11) is 0. The topological polar surface area (TPSA) is 50.4 Å². The molecule has 0 saturated carbocycles. The zero-order valence-corrected chi connectivity index (χ0v) is 16.4. The van der Waals surface area contributed by atoms with Gasteiger partial charge < -0.3 is 15.4 Å². The van der Waals surface area contributed by atoms with Gasteiger partial charge in [0.2, 0.25) is 5.91 Å². The number of hydrogen-bond acceptors (Lipinski definition) is 3. The third kappa shape index (κ3) is 6.48. The highest BCUT2D eigenvalue weighted by atomic mass is 32.1. The lowest BCUT2D eigenvalue weighted by molar-refractivity contribution is -0.126. The van der Waals surface area contributed by atoms with Crippen LogP contribution in [-0.2, 0) is 11.2 Å². The highest BCUT2D eigenvalue weighted by Crippen LogP contribution is 2.24. The number of anilines is 1. The number of para-hydroxylation sites is 2. The van der Waals surface area contributed by atoms with Crippen LogP contribution in [0.15, 0.2) is 54.6 Å². The Labute approximate surface area is 161 Å². The Bertz CT molecular complexity index is 739. The summed E-state index contributed by atoms with van der Waals surface area (Å²) < 4.78 is 5.90. The average Bonchev–Trinajstić information content (AvgIpc) is 2.60. The maximum Gasteiger partial charge on any atom is 0.231 e. The van der Waals surface area contributed by atoms with E-state index in [1.807, 2.05) is 63.2 Å². The summed E-state index contributed by atoms with van der Waals surface area (Å²) in [4.78, 5) is 12.0. The van der Waals surface area contributed by atoms with Gasteiger partial charge in [0.15, 0.2) is 5.11 Å². The minimum absolute atomic E-state index is 0.128. The number of rotatable bonds is 6. The van der Waals surface area contributed by atoms with Crippen LogP contribution >= 0.6 is 12.2 Å². The number of benzene rings is 2. The number of amides is 1. The first-order valence-electron chi connectivity index (χ1n) is 8.74. The lowest BCUT2D eigenvalue weighted by atomic mass is 9.96. The Kier molecular flexibility index (Phi) is 7.16. The number of carbonyl (C=O) groups is 1. The maximum atomic E-state index is 12.0. The van der Waals surface area contributed by atoms with Crippen molar-refractivity contribution in [3.8, 4) is 5.75 Å². The Morgan fingerprint density at radius 1 is 1.04 bits per heavy atom. The SMILES string of the molecule is CC(C)(C)C(=O)NC(=S)Nc1ccccc1OCCCc1ccccc1. The smallest absolute Gasteiger partial charge is 0.231 e. The summed E-state index contributed by atoms with van der Waals surface area (Å²) in [6.07, 6.45) is 1.89. The summed E-state index contributed by atoms with van der Waals surface area (Å²) in [6, 6.07) is 17.9. The van der Waals surface area contributed by atoms with Gasteiger partial charge in [0.1, 0.15) is 5.75 Å². The molecule has 2 aromatic carbocycles. The molecule has 1 amide bonds. The van der Waals surface area contributed by atoms with Crippen molar-refractivity contribution in [2.45, 2.75) is 33.6 Å². The van der Waals surface area contributed by atoms with Gasteiger partial charge in [-0.25, -0.2) is 0 Å². The van der Waals surface area contributed by atoms with E-state index in [2.05, 4.69) is 22.8 Å². The van der Waals surface area contributed by atoms with Gasteiger partial charge in [0, 0.05) is 5.41 Å². The average molecular weight is 371 g/mol. The van der Waals surface area contributed by atoms with Crippen LogP contribution in [0.25, 0.3) is 0 Å². The normalized spacial score (nSPS) is 10.9. The number of thiocarbonyl (C=S) groups is 1. The fourth-order valence-electron chi connectivity index (χ4n) is 2.24. The Balaban J connectivity index is 1.87. The Morgan fingerprint density at radius 2 is 1.69 bits per heavy atom. The third-order valence-electron chi connectivity index (χ3n) is 3.75. The van der Waals surface area contributed by atoms with E-state index in [4.69, 9.17) is 17.0 Å². The van der Waals surface area contributed by atoms with E-state index in [9.17, 15) is 4.79 Å². The first-order chi connectivity index (χ1) is 12.4. The zero-order chi connectivity index (χ0) is 19.0. The van der Waals surface area contributed by atoms with Crippen LogP contribution < -0.4 is 15.4 Å². The summed E-state index contributed by atoms with van der Waals surface area (Å²) in [5.74, 6) is 0.587. The van der Waals surface area contributed by atoms with Gasteiger partial charge in [-0.3, -0.25) is 4.79 Å². The van der Waals surface area contributed by atoms with Gasteiger partial charge in [-0.1, -0.05) is 63.2 Å². The Hall–Kier alpha value is -2.40. The second-order valence-corrected chi connectivity index (χ2v) is 7.50. The van der Waals surface area contributed by atoms with E-state index in [-0.39, 0.29) is 11.0 Å². The first kappa shape index (κ1) is 19.9. The molecule has 0 bridgehead atoms.